The lowest BCUT2D eigenvalue weighted by Crippen LogP contribution is -2.31. The van der Waals surface area contributed by atoms with E-state index in [0.717, 1.165) is 12.1 Å². The Bertz CT molecular complexity index is 476. The van der Waals surface area contributed by atoms with Gasteiger partial charge in [0.1, 0.15) is 0 Å². The Morgan fingerprint density at radius 3 is 2.56 bits per heavy atom. The van der Waals surface area contributed by atoms with Crippen molar-refractivity contribution in [2.75, 3.05) is 11.9 Å². The van der Waals surface area contributed by atoms with E-state index >= 15 is 0 Å². The molecule has 1 aliphatic rings. The zero-order valence-corrected chi connectivity index (χ0v) is 13.0. The van der Waals surface area contributed by atoms with Gasteiger partial charge in [0, 0.05) is 24.0 Å². The van der Waals surface area contributed by atoms with Crippen molar-refractivity contribution in [1.29, 1.82) is 0 Å². The summed E-state index contributed by atoms with van der Waals surface area (Å²) in [5.74, 6) is 0.210. The highest BCUT2D eigenvalue weighted by Gasteiger charge is 2.26. The number of carbonyl (C=O) groups is 1. The molecule has 3 heteroatoms. The van der Waals surface area contributed by atoms with Gasteiger partial charge in [-0.1, -0.05) is 48.8 Å². The van der Waals surface area contributed by atoms with Gasteiger partial charge in [-0.15, -0.1) is 0 Å². The Morgan fingerprint density at radius 1 is 1.28 bits per heavy atom. The number of anilines is 1. The number of benzene rings is 1. The predicted octanol–water partition coefficient (Wildman–Crippen LogP) is 4.08. The number of halogens is 1. The van der Waals surface area contributed by atoms with Crippen molar-refractivity contribution < 1.29 is 4.79 Å². The SMILES string of the molecule is CN1C(=O)CCc2cc(C(Br)C(C)(C)C)ccc21. The van der Waals surface area contributed by atoms with Gasteiger partial charge >= 0.3 is 0 Å². The lowest BCUT2D eigenvalue weighted by molar-refractivity contribution is -0.118. The van der Waals surface area contributed by atoms with Crippen LogP contribution in [0.4, 0.5) is 5.69 Å². The first-order valence-corrected chi connectivity index (χ1v) is 7.25. The number of aryl methyl sites for hydroxylation is 1. The molecular formula is C15H20BrNO. The number of hydrogen-bond donors (Lipinski definition) is 0. The molecule has 0 saturated heterocycles. The molecule has 0 fully saturated rings. The number of rotatable bonds is 1. The van der Waals surface area contributed by atoms with Gasteiger partial charge in [0.25, 0.3) is 0 Å². The van der Waals surface area contributed by atoms with Gasteiger partial charge in [0.15, 0.2) is 0 Å². The highest BCUT2D eigenvalue weighted by atomic mass is 79.9. The van der Waals surface area contributed by atoms with Crippen molar-refractivity contribution in [3.05, 3.63) is 29.3 Å². The van der Waals surface area contributed by atoms with Crippen molar-refractivity contribution in [3.8, 4) is 0 Å². The van der Waals surface area contributed by atoms with Crippen LogP contribution in [0.25, 0.3) is 0 Å². The van der Waals surface area contributed by atoms with Crippen molar-refractivity contribution in [2.24, 2.45) is 5.41 Å². The summed E-state index contributed by atoms with van der Waals surface area (Å²) < 4.78 is 0. The third-order valence-electron chi connectivity index (χ3n) is 3.50. The van der Waals surface area contributed by atoms with Crippen LogP contribution < -0.4 is 4.90 Å². The topological polar surface area (TPSA) is 20.3 Å². The summed E-state index contributed by atoms with van der Waals surface area (Å²) in [7, 11) is 1.86. The molecule has 0 aliphatic carbocycles. The molecule has 0 bridgehead atoms. The van der Waals surface area contributed by atoms with E-state index in [-0.39, 0.29) is 11.3 Å². The quantitative estimate of drug-likeness (QED) is 0.716. The van der Waals surface area contributed by atoms with Gasteiger partial charge in [-0.05, 0) is 29.0 Å². The van der Waals surface area contributed by atoms with Gasteiger partial charge in [-0.25, -0.2) is 0 Å². The second-order valence-electron chi connectivity index (χ2n) is 6.07. The average Bonchev–Trinajstić information content (AvgIpc) is 2.31. The normalized spacial score (nSPS) is 17.6. The van der Waals surface area contributed by atoms with Crippen LogP contribution in [0.15, 0.2) is 18.2 Å². The summed E-state index contributed by atoms with van der Waals surface area (Å²) in [6, 6.07) is 6.43. The maximum absolute atomic E-state index is 11.7. The molecule has 2 nitrogen and oxygen atoms in total. The monoisotopic (exact) mass is 309 g/mol. The third-order valence-corrected chi connectivity index (χ3v) is 5.40. The summed E-state index contributed by atoms with van der Waals surface area (Å²) in [6.45, 7) is 6.67. The van der Waals surface area contributed by atoms with E-state index in [1.807, 2.05) is 7.05 Å². The molecule has 1 aromatic carbocycles. The van der Waals surface area contributed by atoms with Crippen molar-refractivity contribution >= 4 is 27.5 Å². The second kappa shape index (κ2) is 4.69. The summed E-state index contributed by atoms with van der Waals surface area (Å²) >= 11 is 3.78. The van der Waals surface area contributed by atoms with Crippen LogP contribution in [-0.2, 0) is 11.2 Å². The minimum absolute atomic E-state index is 0.185. The summed E-state index contributed by atoms with van der Waals surface area (Å²) in [5.41, 5.74) is 3.82. The molecule has 1 unspecified atom stereocenters. The van der Waals surface area contributed by atoms with E-state index in [2.05, 4.69) is 54.9 Å². The molecule has 98 valence electrons. The smallest absolute Gasteiger partial charge is 0.227 e. The van der Waals surface area contributed by atoms with Crippen LogP contribution >= 0.6 is 15.9 Å². The molecule has 1 aromatic rings. The predicted molar refractivity (Wildman–Crippen MR) is 79.3 cm³/mol. The Hall–Kier alpha value is -0.830. The Balaban J connectivity index is 2.37. The Kier molecular flexibility index (Phi) is 3.54. The fourth-order valence-corrected chi connectivity index (χ4v) is 2.62. The first-order valence-electron chi connectivity index (χ1n) is 6.34. The largest absolute Gasteiger partial charge is 0.315 e. The van der Waals surface area contributed by atoms with Crippen LogP contribution in [0.2, 0.25) is 0 Å². The number of alkyl halides is 1. The van der Waals surface area contributed by atoms with E-state index in [0.29, 0.717) is 11.2 Å². The van der Waals surface area contributed by atoms with Gasteiger partial charge in [0.2, 0.25) is 5.91 Å². The van der Waals surface area contributed by atoms with E-state index in [9.17, 15) is 4.79 Å². The van der Waals surface area contributed by atoms with Gasteiger partial charge in [-0.3, -0.25) is 4.79 Å². The first-order chi connectivity index (χ1) is 8.30. The van der Waals surface area contributed by atoms with E-state index < -0.39 is 0 Å². The van der Waals surface area contributed by atoms with E-state index in [1.165, 1.54) is 11.1 Å². The lowest BCUT2D eigenvalue weighted by Gasteiger charge is -2.29. The minimum atomic E-state index is 0.185. The minimum Gasteiger partial charge on any atom is -0.315 e. The molecule has 1 atom stereocenters. The molecule has 0 aromatic heterocycles. The maximum atomic E-state index is 11.7. The standard InChI is InChI=1S/C15H20BrNO/c1-15(2,3)14(16)11-5-7-12-10(9-11)6-8-13(18)17(12)4/h5,7,9,14H,6,8H2,1-4H3. The Morgan fingerprint density at radius 2 is 1.94 bits per heavy atom. The number of carbonyl (C=O) groups excluding carboxylic acids is 1. The van der Waals surface area contributed by atoms with Crippen LogP contribution in [-0.4, -0.2) is 13.0 Å². The van der Waals surface area contributed by atoms with Crippen LogP contribution in [0, 0.1) is 5.41 Å². The van der Waals surface area contributed by atoms with Crippen molar-refractivity contribution in [2.45, 2.75) is 38.4 Å². The number of amides is 1. The third kappa shape index (κ3) is 2.46. The molecule has 0 spiro atoms. The second-order valence-corrected chi connectivity index (χ2v) is 6.99. The molecule has 1 amide bonds. The summed E-state index contributed by atoms with van der Waals surface area (Å²) in [5, 5.41) is 0. The van der Waals surface area contributed by atoms with Crippen molar-refractivity contribution in [1.82, 2.24) is 0 Å². The molecule has 0 radical (unpaired) electrons. The summed E-state index contributed by atoms with van der Waals surface area (Å²) in [4.78, 5) is 13.8. The summed E-state index contributed by atoms with van der Waals surface area (Å²) in [6.07, 6.45) is 1.48. The first kappa shape index (κ1) is 13.6. The zero-order valence-electron chi connectivity index (χ0n) is 11.5. The molecule has 1 heterocycles. The molecule has 0 N–H and O–H groups in total. The van der Waals surface area contributed by atoms with E-state index in [1.54, 1.807) is 4.90 Å². The zero-order chi connectivity index (χ0) is 13.5. The van der Waals surface area contributed by atoms with E-state index in [4.69, 9.17) is 0 Å². The molecule has 0 saturated carbocycles. The van der Waals surface area contributed by atoms with Gasteiger partial charge in [-0.2, -0.15) is 0 Å². The molecule has 2 rings (SSSR count). The fraction of sp³-hybridized carbons (Fsp3) is 0.533. The van der Waals surface area contributed by atoms with Crippen LogP contribution in [0.3, 0.4) is 0 Å². The van der Waals surface area contributed by atoms with Gasteiger partial charge < -0.3 is 4.90 Å². The van der Waals surface area contributed by atoms with Crippen molar-refractivity contribution in [3.63, 3.8) is 0 Å². The van der Waals surface area contributed by atoms with Crippen LogP contribution in [0.5, 0.6) is 0 Å². The average molecular weight is 310 g/mol. The molecule has 18 heavy (non-hydrogen) atoms. The number of fused-ring (bicyclic) bond motifs is 1. The number of nitrogens with zero attached hydrogens (tertiary/aromatic N) is 1. The number of hydrogen-bond acceptors (Lipinski definition) is 1. The highest BCUT2D eigenvalue weighted by molar-refractivity contribution is 9.09. The fourth-order valence-electron chi connectivity index (χ4n) is 2.33. The molecular weight excluding hydrogens is 290 g/mol. The maximum Gasteiger partial charge on any atom is 0.227 e. The van der Waals surface area contributed by atoms with Crippen LogP contribution in [0.1, 0.15) is 43.1 Å². The molecule has 1 aliphatic heterocycles. The lowest BCUT2D eigenvalue weighted by atomic mass is 9.86. The van der Waals surface area contributed by atoms with Gasteiger partial charge in [0.05, 0.1) is 0 Å². The highest BCUT2D eigenvalue weighted by Crippen LogP contribution is 2.41. The Labute approximate surface area is 117 Å².